The van der Waals surface area contributed by atoms with Gasteiger partial charge in [0.05, 0.1) is 5.56 Å². The highest BCUT2D eigenvalue weighted by Gasteiger charge is 2.30. The van der Waals surface area contributed by atoms with Crippen LogP contribution in [0, 0.1) is 0 Å². The average molecular weight is 299 g/mol. The molecule has 0 fully saturated rings. The molecular formula is C15H16F3NS. The number of hydrogen-bond acceptors (Lipinski definition) is 2. The van der Waals surface area contributed by atoms with Crippen LogP contribution < -0.4 is 5.73 Å². The molecular weight excluding hydrogens is 283 g/mol. The van der Waals surface area contributed by atoms with Crippen molar-refractivity contribution in [2.45, 2.75) is 32.0 Å². The van der Waals surface area contributed by atoms with Gasteiger partial charge in [-0.2, -0.15) is 13.2 Å². The summed E-state index contributed by atoms with van der Waals surface area (Å²) in [6.45, 7) is 2.07. The van der Waals surface area contributed by atoms with Crippen LogP contribution in [0.1, 0.15) is 36.2 Å². The minimum Gasteiger partial charge on any atom is -0.323 e. The molecule has 1 nitrogen and oxygen atoms in total. The van der Waals surface area contributed by atoms with E-state index in [1.165, 1.54) is 12.1 Å². The Morgan fingerprint density at radius 2 is 1.75 bits per heavy atom. The molecule has 0 radical (unpaired) electrons. The monoisotopic (exact) mass is 299 g/mol. The molecule has 2 aromatic rings. The molecule has 0 aliphatic rings. The molecule has 2 N–H and O–H groups in total. The molecule has 5 heteroatoms. The molecule has 0 saturated carbocycles. The summed E-state index contributed by atoms with van der Waals surface area (Å²) < 4.78 is 37.5. The van der Waals surface area contributed by atoms with Crippen LogP contribution in [0.25, 0.3) is 10.4 Å². The zero-order valence-corrected chi connectivity index (χ0v) is 11.9. The van der Waals surface area contributed by atoms with E-state index in [1.54, 1.807) is 11.3 Å². The third-order valence-corrected chi connectivity index (χ3v) is 4.35. The number of benzene rings is 1. The predicted molar refractivity (Wildman–Crippen MR) is 76.6 cm³/mol. The quantitative estimate of drug-likeness (QED) is 0.821. The predicted octanol–water partition coefficient (Wildman–Crippen LogP) is 5.23. The van der Waals surface area contributed by atoms with E-state index in [0.29, 0.717) is 0 Å². The van der Waals surface area contributed by atoms with E-state index in [0.717, 1.165) is 40.3 Å². The van der Waals surface area contributed by atoms with Gasteiger partial charge in [0, 0.05) is 15.8 Å². The van der Waals surface area contributed by atoms with Gasteiger partial charge in [0.1, 0.15) is 0 Å². The Hall–Kier alpha value is -1.33. The summed E-state index contributed by atoms with van der Waals surface area (Å²) in [5.41, 5.74) is 6.21. The maximum Gasteiger partial charge on any atom is 0.416 e. The number of rotatable bonds is 4. The molecule has 0 aliphatic heterocycles. The molecule has 20 heavy (non-hydrogen) atoms. The van der Waals surface area contributed by atoms with Gasteiger partial charge in [-0.25, -0.2) is 0 Å². The van der Waals surface area contributed by atoms with Crippen LogP contribution >= 0.6 is 11.3 Å². The molecule has 0 bridgehead atoms. The van der Waals surface area contributed by atoms with E-state index < -0.39 is 11.7 Å². The maximum atomic E-state index is 12.5. The van der Waals surface area contributed by atoms with Crippen LogP contribution in [-0.4, -0.2) is 0 Å². The summed E-state index contributed by atoms with van der Waals surface area (Å²) in [5.74, 6) is 0. The van der Waals surface area contributed by atoms with Gasteiger partial charge in [0.2, 0.25) is 0 Å². The van der Waals surface area contributed by atoms with Crippen LogP contribution in [0.2, 0.25) is 0 Å². The molecule has 108 valence electrons. The number of halogens is 3. The van der Waals surface area contributed by atoms with Crippen LogP contribution in [0.5, 0.6) is 0 Å². The Morgan fingerprint density at radius 1 is 1.10 bits per heavy atom. The number of alkyl halides is 3. The van der Waals surface area contributed by atoms with E-state index in [9.17, 15) is 13.2 Å². The highest BCUT2D eigenvalue weighted by atomic mass is 32.1. The molecule has 1 heterocycles. The minimum atomic E-state index is -4.29. The fourth-order valence-corrected chi connectivity index (χ4v) is 3.03. The first kappa shape index (κ1) is 15.1. The van der Waals surface area contributed by atoms with Gasteiger partial charge >= 0.3 is 6.18 Å². The van der Waals surface area contributed by atoms with Crippen molar-refractivity contribution >= 4 is 11.3 Å². The van der Waals surface area contributed by atoms with Crippen molar-refractivity contribution in [3.63, 3.8) is 0 Å². The second-order valence-corrected chi connectivity index (χ2v) is 5.79. The zero-order chi connectivity index (χ0) is 14.8. The largest absolute Gasteiger partial charge is 0.416 e. The average Bonchev–Trinajstić information content (AvgIpc) is 2.88. The van der Waals surface area contributed by atoms with Gasteiger partial charge in [-0.1, -0.05) is 25.5 Å². The summed E-state index contributed by atoms with van der Waals surface area (Å²) in [5, 5.41) is 0. The standard InChI is InChI=1S/C15H16F3NS/c1-2-3-12(19)14-9-8-13(20-14)10-4-6-11(7-5-10)15(16,17)18/h4-9,12H,2-3,19H2,1H3. The Morgan fingerprint density at radius 3 is 2.30 bits per heavy atom. The van der Waals surface area contributed by atoms with E-state index in [4.69, 9.17) is 5.73 Å². The summed E-state index contributed by atoms with van der Waals surface area (Å²) in [6, 6.07) is 9.11. The summed E-state index contributed by atoms with van der Waals surface area (Å²) in [4.78, 5) is 2.02. The fourth-order valence-electron chi connectivity index (χ4n) is 1.98. The number of thiophene rings is 1. The molecule has 1 aromatic carbocycles. The Bertz CT molecular complexity index is 557. The van der Waals surface area contributed by atoms with Gasteiger partial charge in [-0.3, -0.25) is 0 Å². The van der Waals surface area contributed by atoms with E-state index >= 15 is 0 Å². The highest BCUT2D eigenvalue weighted by Crippen LogP contribution is 2.34. The third-order valence-electron chi connectivity index (χ3n) is 3.09. The lowest BCUT2D eigenvalue weighted by molar-refractivity contribution is -0.137. The molecule has 1 unspecified atom stereocenters. The Kier molecular flexibility index (Phi) is 4.50. The molecule has 0 amide bonds. The molecule has 0 saturated heterocycles. The molecule has 0 aliphatic carbocycles. The van der Waals surface area contributed by atoms with Gasteiger partial charge < -0.3 is 5.73 Å². The van der Waals surface area contributed by atoms with E-state index in [2.05, 4.69) is 6.92 Å². The zero-order valence-electron chi connectivity index (χ0n) is 11.1. The molecule has 1 aromatic heterocycles. The first-order valence-corrected chi connectivity index (χ1v) is 7.26. The van der Waals surface area contributed by atoms with Crippen molar-refractivity contribution in [2.24, 2.45) is 5.73 Å². The van der Waals surface area contributed by atoms with Crippen molar-refractivity contribution < 1.29 is 13.2 Å². The van der Waals surface area contributed by atoms with Gasteiger partial charge in [-0.15, -0.1) is 11.3 Å². The highest BCUT2D eigenvalue weighted by molar-refractivity contribution is 7.15. The van der Waals surface area contributed by atoms with Crippen molar-refractivity contribution in [1.82, 2.24) is 0 Å². The number of nitrogens with two attached hydrogens (primary N) is 1. The van der Waals surface area contributed by atoms with Gasteiger partial charge in [0.15, 0.2) is 0 Å². The van der Waals surface area contributed by atoms with Crippen molar-refractivity contribution in [1.29, 1.82) is 0 Å². The normalized spacial score (nSPS) is 13.4. The first-order chi connectivity index (χ1) is 9.41. The first-order valence-electron chi connectivity index (χ1n) is 6.44. The number of hydrogen-bond donors (Lipinski definition) is 1. The SMILES string of the molecule is CCCC(N)c1ccc(-c2ccc(C(F)(F)F)cc2)s1. The van der Waals surface area contributed by atoms with Gasteiger partial charge in [0.25, 0.3) is 0 Å². The van der Waals surface area contributed by atoms with E-state index in [-0.39, 0.29) is 6.04 Å². The molecule has 1 atom stereocenters. The summed E-state index contributed by atoms with van der Waals surface area (Å²) >= 11 is 1.54. The second-order valence-electron chi connectivity index (χ2n) is 4.67. The van der Waals surface area contributed by atoms with Crippen LogP contribution in [-0.2, 0) is 6.18 Å². The van der Waals surface area contributed by atoms with Crippen LogP contribution in [0.4, 0.5) is 13.2 Å². The van der Waals surface area contributed by atoms with E-state index in [1.807, 2.05) is 12.1 Å². The Balaban J connectivity index is 2.20. The smallest absolute Gasteiger partial charge is 0.323 e. The van der Waals surface area contributed by atoms with Crippen LogP contribution in [0.3, 0.4) is 0 Å². The topological polar surface area (TPSA) is 26.0 Å². The second kappa shape index (κ2) is 5.97. The van der Waals surface area contributed by atoms with Crippen molar-refractivity contribution in [2.75, 3.05) is 0 Å². The van der Waals surface area contributed by atoms with Crippen LogP contribution in [0.15, 0.2) is 36.4 Å². The lowest BCUT2D eigenvalue weighted by atomic mass is 10.1. The summed E-state index contributed by atoms with van der Waals surface area (Å²) in [6.07, 6.45) is -2.37. The lowest BCUT2D eigenvalue weighted by Crippen LogP contribution is -2.07. The van der Waals surface area contributed by atoms with Crippen molar-refractivity contribution in [3.05, 3.63) is 46.8 Å². The summed E-state index contributed by atoms with van der Waals surface area (Å²) in [7, 11) is 0. The fraction of sp³-hybridized carbons (Fsp3) is 0.333. The minimum absolute atomic E-state index is 0.00759. The Labute approximate surface area is 120 Å². The molecule has 2 rings (SSSR count). The van der Waals surface area contributed by atoms with Gasteiger partial charge in [-0.05, 0) is 36.2 Å². The lowest BCUT2D eigenvalue weighted by Gasteiger charge is -2.07. The van der Waals surface area contributed by atoms with Crippen molar-refractivity contribution in [3.8, 4) is 10.4 Å². The third kappa shape index (κ3) is 3.41. The maximum absolute atomic E-state index is 12.5. The molecule has 0 spiro atoms.